The van der Waals surface area contributed by atoms with Gasteiger partial charge in [0.05, 0.1) is 37.9 Å². The fourth-order valence-electron chi connectivity index (χ4n) is 3.42. The zero-order valence-corrected chi connectivity index (χ0v) is 14.3. The number of piperidine rings is 1. The van der Waals surface area contributed by atoms with E-state index in [2.05, 4.69) is 4.98 Å². The van der Waals surface area contributed by atoms with Crippen LogP contribution < -0.4 is 0 Å². The number of hydrogen-bond donors (Lipinski definition) is 0. The molecule has 0 radical (unpaired) electrons. The van der Waals surface area contributed by atoms with E-state index in [9.17, 15) is 8.42 Å². The molecule has 0 N–H and O–H groups in total. The molecule has 2 saturated heterocycles. The van der Waals surface area contributed by atoms with Crippen LogP contribution in [0.1, 0.15) is 25.0 Å². The molecule has 0 unspecified atom stereocenters. The summed E-state index contributed by atoms with van der Waals surface area (Å²) in [4.78, 5) is 4.23. The van der Waals surface area contributed by atoms with Crippen molar-refractivity contribution in [2.45, 2.75) is 32.0 Å². The summed E-state index contributed by atoms with van der Waals surface area (Å²) in [7, 11) is -3.07. The summed E-state index contributed by atoms with van der Waals surface area (Å²) in [6, 6.07) is 5.77. The largest absolute Gasteiger partial charge is 0.375 e. The quantitative estimate of drug-likeness (QED) is 0.811. The number of nitrogens with zero attached hydrogens (tertiary/aromatic N) is 2. The second kappa shape index (κ2) is 6.84. The van der Waals surface area contributed by atoms with Crippen molar-refractivity contribution in [3.63, 3.8) is 0 Å². The third-order valence-corrected chi connectivity index (χ3v) is 6.12. The van der Waals surface area contributed by atoms with Crippen molar-refractivity contribution in [1.82, 2.24) is 9.29 Å². The molecule has 0 amide bonds. The van der Waals surface area contributed by atoms with Crippen molar-refractivity contribution in [3.8, 4) is 0 Å². The molecule has 128 valence electrons. The van der Waals surface area contributed by atoms with Crippen LogP contribution >= 0.6 is 0 Å². The molecule has 2 aliphatic heterocycles. The lowest BCUT2D eigenvalue weighted by molar-refractivity contribution is 0.00651. The van der Waals surface area contributed by atoms with Gasteiger partial charge in [-0.1, -0.05) is 6.07 Å². The van der Waals surface area contributed by atoms with E-state index in [4.69, 9.17) is 9.47 Å². The average molecular weight is 340 g/mol. The molecular weight excluding hydrogens is 316 g/mol. The van der Waals surface area contributed by atoms with Gasteiger partial charge in [-0.15, -0.1) is 0 Å². The number of aromatic nitrogens is 1. The highest BCUT2D eigenvalue weighted by molar-refractivity contribution is 7.88. The van der Waals surface area contributed by atoms with Crippen LogP contribution in [-0.4, -0.2) is 56.4 Å². The highest BCUT2D eigenvalue weighted by atomic mass is 32.2. The summed E-state index contributed by atoms with van der Waals surface area (Å²) in [5.74, 6) is 0. The molecule has 3 heterocycles. The maximum atomic E-state index is 11.6. The minimum absolute atomic E-state index is 0.100. The molecule has 2 fully saturated rings. The summed E-state index contributed by atoms with van der Waals surface area (Å²) in [5, 5.41) is 0. The molecule has 23 heavy (non-hydrogen) atoms. The van der Waals surface area contributed by atoms with Crippen molar-refractivity contribution >= 4 is 10.0 Å². The maximum Gasteiger partial charge on any atom is 0.211 e. The highest BCUT2D eigenvalue weighted by Crippen LogP contribution is 2.42. The normalized spacial score (nSPS) is 25.0. The maximum absolute atomic E-state index is 11.6. The minimum atomic E-state index is -3.07. The summed E-state index contributed by atoms with van der Waals surface area (Å²) >= 11 is 0. The predicted molar refractivity (Wildman–Crippen MR) is 86.3 cm³/mol. The Morgan fingerprint density at radius 2 is 2.17 bits per heavy atom. The first-order valence-corrected chi connectivity index (χ1v) is 9.86. The molecule has 0 aromatic carbocycles. The molecule has 6 nitrogen and oxygen atoms in total. The Bertz CT molecular complexity index is 612. The summed E-state index contributed by atoms with van der Waals surface area (Å²) < 4.78 is 36.4. The molecule has 1 aromatic rings. The van der Waals surface area contributed by atoms with Gasteiger partial charge in [0.2, 0.25) is 10.0 Å². The lowest BCUT2D eigenvalue weighted by Gasteiger charge is -2.37. The molecule has 7 heteroatoms. The Morgan fingerprint density at radius 1 is 1.39 bits per heavy atom. The topological polar surface area (TPSA) is 68.7 Å². The Hall–Kier alpha value is -1.02. The molecular formula is C16H24N2O4S. The van der Waals surface area contributed by atoms with E-state index in [0.29, 0.717) is 32.9 Å². The Kier molecular flexibility index (Phi) is 5.01. The lowest BCUT2D eigenvalue weighted by Crippen LogP contribution is -2.43. The standard InChI is InChI=1S/C16H24N2O4S/c1-23(19,20)18-8-5-16(6-9-18)10-15(22-13-16)12-21-11-14-4-2-3-7-17-14/h2-4,7,15H,5-6,8-13H2,1H3/t15-/m0/s1. The van der Waals surface area contributed by atoms with E-state index in [1.165, 1.54) is 6.26 Å². The summed E-state index contributed by atoms with van der Waals surface area (Å²) in [5.41, 5.74) is 1.04. The van der Waals surface area contributed by atoms with Crippen LogP contribution in [0.5, 0.6) is 0 Å². The van der Waals surface area contributed by atoms with Crippen molar-refractivity contribution < 1.29 is 17.9 Å². The number of sulfonamides is 1. The first kappa shape index (κ1) is 16.8. The fourth-order valence-corrected chi connectivity index (χ4v) is 4.27. The van der Waals surface area contributed by atoms with Gasteiger partial charge in [-0.05, 0) is 36.8 Å². The van der Waals surface area contributed by atoms with E-state index in [-0.39, 0.29) is 11.5 Å². The van der Waals surface area contributed by atoms with Crippen molar-refractivity contribution in [2.75, 3.05) is 32.6 Å². The zero-order valence-electron chi connectivity index (χ0n) is 13.5. The molecule has 1 atom stereocenters. The summed E-state index contributed by atoms with van der Waals surface area (Å²) in [6.07, 6.45) is 5.84. The molecule has 1 spiro atoms. The van der Waals surface area contributed by atoms with Crippen LogP contribution in [0.4, 0.5) is 0 Å². The van der Waals surface area contributed by atoms with E-state index in [0.717, 1.165) is 25.0 Å². The van der Waals surface area contributed by atoms with Crippen LogP contribution in [0.25, 0.3) is 0 Å². The molecule has 2 aliphatic rings. The second-order valence-electron chi connectivity index (χ2n) is 6.64. The molecule has 0 aliphatic carbocycles. The number of rotatable bonds is 5. The monoisotopic (exact) mass is 340 g/mol. The third kappa shape index (κ3) is 4.29. The van der Waals surface area contributed by atoms with Crippen molar-refractivity contribution in [1.29, 1.82) is 0 Å². The van der Waals surface area contributed by atoms with Gasteiger partial charge in [0.1, 0.15) is 0 Å². The first-order chi connectivity index (χ1) is 11.0. The van der Waals surface area contributed by atoms with Gasteiger partial charge >= 0.3 is 0 Å². The van der Waals surface area contributed by atoms with Gasteiger partial charge in [0.15, 0.2) is 0 Å². The summed E-state index contributed by atoms with van der Waals surface area (Å²) in [6.45, 7) is 2.97. The Balaban J connectivity index is 1.44. The molecule has 3 rings (SSSR count). The fraction of sp³-hybridized carbons (Fsp3) is 0.688. The number of ether oxygens (including phenoxy) is 2. The molecule has 0 bridgehead atoms. The SMILES string of the molecule is CS(=O)(=O)N1CCC2(CC1)CO[C@H](COCc1ccccn1)C2. The number of hydrogen-bond acceptors (Lipinski definition) is 5. The van der Waals surface area contributed by atoms with Crippen LogP contribution in [0.2, 0.25) is 0 Å². The minimum Gasteiger partial charge on any atom is -0.375 e. The van der Waals surface area contributed by atoms with E-state index in [1.54, 1.807) is 10.5 Å². The van der Waals surface area contributed by atoms with E-state index in [1.807, 2.05) is 18.2 Å². The van der Waals surface area contributed by atoms with Gasteiger partial charge in [-0.25, -0.2) is 12.7 Å². The lowest BCUT2D eigenvalue weighted by atomic mass is 9.77. The van der Waals surface area contributed by atoms with Gasteiger partial charge < -0.3 is 9.47 Å². The van der Waals surface area contributed by atoms with Crippen molar-refractivity contribution in [2.24, 2.45) is 5.41 Å². The van der Waals surface area contributed by atoms with Gasteiger partial charge in [-0.2, -0.15) is 0 Å². The van der Waals surface area contributed by atoms with E-state index >= 15 is 0 Å². The molecule has 0 saturated carbocycles. The first-order valence-electron chi connectivity index (χ1n) is 8.01. The van der Waals surface area contributed by atoms with Gasteiger partial charge in [0, 0.05) is 19.3 Å². The average Bonchev–Trinajstić information content (AvgIpc) is 2.91. The van der Waals surface area contributed by atoms with Gasteiger partial charge in [0.25, 0.3) is 0 Å². The Labute approximate surface area is 137 Å². The number of pyridine rings is 1. The highest BCUT2D eigenvalue weighted by Gasteiger charge is 2.43. The predicted octanol–water partition coefficient (Wildman–Crippen LogP) is 1.43. The zero-order chi connectivity index (χ0) is 16.3. The smallest absolute Gasteiger partial charge is 0.211 e. The molecule has 1 aromatic heterocycles. The van der Waals surface area contributed by atoms with Crippen molar-refractivity contribution in [3.05, 3.63) is 30.1 Å². The second-order valence-corrected chi connectivity index (χ2v) is 8.62. The van der Waals surface area contributed by atoms with Crippen LogP contribution in [-0.2, 0) is 26.1 Å². The Morgan fingerprint density at radius 3 is 2.83 bits per heavy atom. The van der Waals surface area contributed by atoms with Gasteiger partial charge in [-0.3, -0.25) is 4.98 Å². The van der Waals surface area contributed by atoms with E-state index < -0.39 is 10.0 Å². The van der Waals surface area contributed by atoms with Crippen LogP contribution in [0, 0.1) is 5.41 Å². The van der Waals surface area contributed by atoms with Crippen LogP contribution in [0.3, 0.4) is 0 Å². The third-order valence-electron chi connectivity index (χ3n) is 4.82. The van der Waals surface area contributed by atoms with Crippen LogP contribution in [0.15, 0.2) is 24.4 Å².